The maximum Gasteiger partial charge on any atom is 0.432 e. The van der Waals surface area contributed by atoms with Gasteiger partial charge in [-0.25, -0.2) is 13.8 Å². The summed E-state index contributed by atoms with van der Waals surface area (Å²) in [6.45, 7) is 0.488. The van der Waals surface area contributed by atoms with Gasteiger partial charge in [-0.1, -0.05) is 5.92 Å². The molecular formula is C23H17F5N4O3. The maximum absolute atomic E-state index is 13.3. The Labute approximate surface area is 195 Å². The van der Waals surface area contributed by atoms with E-state index in [0.717, 1.165) is 12.1 Å². The SMILES string of the molecule is O=CNCCCOc1ccc(-c2ncc(C(F)(F)F)[nH]2)cc1NC(=O)C#Cc1cc(F)cc(F)c1. The fourth-order valence-corrected chi connectivity index (χ4v) is 2.84. The molecule has 2 aromatic carbocycles. The molecule has 3 aromatic rings. The summed E-state index contributed by atoms with van der Waals surface area (Å²) >= 11 is 0. The number of hydrogen-bond donors (Lipinski definition) is 3. The first-order valence-corrected chi connectivity index (χ1v) is 10.0. The van der Waals surface area contributed by atoms with E-state index in [9.17, 15) is 31.5 Å². The molecule has 0 aliphatic rings. The van der Waals surface area contributed by atoms with Crippen LogP contribution in [0.4, 0.5) is 27.6 Å². The summed E-state index contributed by atoms with van der Waals surface area (Å²) in [7, 11) is 0. The molecule has 0 atom stereocenters. The fraction of sp³-hybridized carbons (Fsp3) is 0.174. The molecule has 0 radical (unpaired) electrons. The van der Waals surface area contributed by atoms with Crippen molar-refractivity contribution in [3.8, 4) is 29.0 Å². The number of aromatic amines is 1. The highest BCUT2D eigenvalue weighted by molar-refractivity contribution is 6.05. The number of aromatic nitrogens is 2. The number of imidazole rings is 1. The highest BCUT2D eigenvalue weighted by Gasteiger charge is 2.33. The van der Waals surface area contributed by atoms with Crippen LogP contribution < -0.4 is 15.4 Å². The third-order valence-electron chi connectivity index (χ3n) is 4.37. The van der Waals surface area contributed by atoms with Gasteiger partial charge in [-0.3, -0.25) is 9.59 Å². The van der Waals surface area contributed by atoms with Crippen molar-refractivity contribution in [2.45, 2.75) is 12.6 Å². The van der Waals surface area contributed by atoms with Crippen molar-refractivity contribution in [3.05, 3.63) is 65.5 Å². The summed E-state index contributed by atoms with van der Waals surface area (Å²) in [5.41, 5.74) is -0.832. The van der Waals surface area contributed by atoms with Crippen LogP contribution in [-0.4, -0.2) is 35.4 Å². The number of carbonyl (C=O) groups excluding carboxylic acids is 2. The van der Waals surface area contributed by atoms with Gasteiger partial charge in [0.2, 0.25) is 6.41 Å². The fourth-order valence-electron chi connectivity index (χ4n) is 2.84. The minimum absolute atomic E-state index is 0.0687. The Balaban J connectivity index is 1.84. The number of benzene rings is 2. The predicted octanol–water partition coefficient (Wildman–Crippen LogP) is 3.88. The van der Waals surface area contributed by atoms with E-state index in [1.807, 2.05) is 0 Å². The minimum Gasteiger partial charge on any atom is -0.491 e. The molecule has 2 amide bonds. The molecule has 0 saturated heterocycles. The Morgan fingerprint density at radius 2 is 1.89 bits per heavy atom. The molecule has 1 aromatic heterocycles. The van der Waals surface area contributed by atoms with Gasteiger partial charge in [0.05, 0.1) is 18.5 Å². The number of H-pyrrole nitrogens is 1. The molecule has 3 rings (SSSR count). The van der Waals surface area contributed by atoms with Crippen molar-refractivity contribution in [2.24, 2.45) is 0 Å². The average molecular weight is 492 g/mol. The van der Waals surface area contributed by atoms with E-state index in [4.69, 9.17) is 4.74 Å². The lowest BCUT2D eigenvalue weighted by Gasteiger charge is -2.13. The van der Waals surface area contributed by atoms with Crippen LogP contribution in [-0.2, 0) is 15.8 Å². The zero-order valence-corrected chi connectivity index (χ0v) is 17.8. The van der Waals surface area contributed by atoms with Gasteiger partial charge in [0.1, 0.15) is 28.9 Å². The number of ether oxygens (including phenoxy) is 1. The average Bonchev–Trinajstić information content (AvgIpc) is 3.29. The van der Waals surface area contributed by atoms with Crippen LogP contribution in [0.1, 0.15) is 17.7 Å². The summed E-state index contributed by atoms with van der Waals surface area (Å²) in [6.07, 6.45) is -3.01. The van der Waals surface area contributed by atoms with Crippen LogP contribution in [0.15, 0.2) is 42.6 Å². The number of hydrogen-bond acceptors (Lipinski definition) is 4. The van der Waals surface area contributed by atoms with E-state index in [-0.39, 0.29) is 35.0 Å². The van der Waals surface area contributed by atoms with Gasteiger partial charge in [0.15, 0.2) is 0 Å². The van der Waals surface area contributed by atoms with Gasteiger partial charge in [-0.15, -0.1) is 0 Å². The number of carbonyl (C=O) groups is 2. The van der Waals surface area contributed by atoms with Gasteiger partial charge in [-0.05, 0) is 36.8 Å². The highest BCUT2D eigenvalue weighted by atomic mass is 19.4. The van der Waals surface area contributed by atoms with E-state index in [2.05, 4.69) is 32.4 Å². The Morgan fingerprint density at radius 3 is 2.54 bits per heavy atom. The van der Waals surface area contributed by atoms with Crippen LogP contribution in [0.5, 0.6) is 5.75 Å². The molecule has 0 saturated carbocycles. The van der Waals surface area contributed by atoms with Crippen LogP contribution in [0.2, 0.25) is 0 Å². The Hall–Kier alpha value is -4.40. The summed E-state index contributed by atoms with van der Waals surface area (Å²) in [4.78, 5) is 28.6. The molecule has 1 heterocycles. The normalized spacial score (nSPS) is 10.8. The largest absolute Gasteiger partial charge is 0.491 e. The van der Waals surface area contributed by atoms with Crippen LogP contribution in [0.25, 0.3) is 11.4 Å². The first-order chi connectivity index (χ1) is 16.7. The summed E-state index contributed by atoms with van der Waals surface area (Å²) in [6, 6.07) is 6.74. The third-order valence-corrected chi connectivity index (χ3v) is 4.37. The Kier molecular flexibility index (Phi) is 8.04. The number of nitrogens with zero attached hydrogens (tertiary/aromatic N) is 1. The summed E-state index contributed by atoms with van der Waals surface area (Å²) in [5.74, 6) is 2.00. The molecule has 0 fully saturated rings. The molecule has 12 heteroatoms. The number of alkyl halides is 3. The first-order valence-electron chi connectivity index (χ1n) is 10.0. The van der Waals surface area contributed by atoms with E-state index in [1.165, 1.54) is 18.2 Å². The summed E-state index contributed by atoms with van der Waals surface area (Å²) < 4.78 is 70.9. The number of amides is 2. The van der Waals surface area contributed by atoms with Crippen molar-refractivity contribution >= 4 is 18.0 Å². The molecule has 182 valence electrons. The highest BCUT2D eigenvalue weighted by Crippen LogP contribution is 2.32. The van der Waals surface area contributed by atoms with Crippen LogP contribution in [0, 0.1) is 23.5 Å². The molecular weight excluding hydrogens is 475 g/mol. The molecule has 0 unspecified atom stereocenters. The molecule has 0 aliphatic heterocycles. The second-order valence-corrected chi connectivity index (χ2v) is 6.99. The monoisotopic (exact) mass is 492 g/mol. The van der Waals surface area contributed by atoms with E-state index in [1.54, 1.807) is 0 Å². The molecule has 3 N–H and O–H groups in total. The van der Waals surface area contributed by atoms with Crippen molar-refractivity contribution in [3.63, 3.8) is 0 Å². The molecule has 0 spiro atoms. The van der Waals surface area contributed by atoms with Gasteiger partial charge in [0.25, 0.3) is 0 Å². The van der Waals surface area contributed by atoms with Crippen LogP contribution >= 0.6 is 0 Å². The van der Waals surface area contributed by atoms with E-state index < -0.39 is 29.4 Å². The topological polar surface area (TPSA) is 96.1 Å². The quantitative estimate of drug-likeness (QED) is 0.193. The lowest BCUT2D eigenvalue weighted by molar-refractivity contribution is -0.140. The standard InChI is InChI=1S/C23H17F5N4O3/c24-16-8-14(9-17(25)11-16)2-5-21(34)31-18-10-15(22-30-12-20(32-22)23(26,27)28)3-4-19(18)35-7-1-6-29-13-33/h3-4,8-13H,1,6-7H2,(H,29,33)(H,30,32)(H,31,34). The van der Waals surface area contributed by atoms with Gasteiger partial charge in [0, 0.05) is 29.7 Å². The minimum atomic E-state index is -4.62. The molecule has 0 aliphatic carbocycles. The second-order valence-electron chi connectivity index (χ2n) is 6.99. The predicted molar refractivity (Wildman–Crippen MR) is 115 cm³/mol. The van der Waals surface area contributed by atoms with Gasteiger partial charge >= 0.3 is 12.1 Å². The molecule has 7 nitrogen and oxygen atoms in total. The zero-order chi connectivity index (χ0) is 25.4. The van der Waals surface area contributed by atoms with Crippen molar-refractivity contribution in [1.82, 2.24) is 15.3 Å². The lowest BCUT2D eigenvalue weighted by atomic mass is 10.1. The maximum atomic E-state index is 13.3. The Bertz CT molecular complexity index is 1260. The van der Waals surface area contributed by atoms with Crippen molar-refractivity contribution in [1.29, 1.82) is 0 Å². The zero-order valence-electron chi connectivity index (χ0n) is 17.8. The first kappa shape index (κ1) is 25.2. The van der Waals surface area contributed by atoms with Crippen molar-refractivity contribution < 1.29 is 36.3 Å². The number of nitrogens with one attached hydrogen (secondary N) is 3. The Morgan fingerprint density at radius 1 is 1.14 bits per heavy atom. The lowest BCUT2D eigenvalue weighted by Crippen LogP contribution is -2.15. The van der Waals surface area contributed by atoms with Gasteiger partial charge in [-0.2, -0.15) is 13.2 Å². The second kappa shape index (κ2) is 11.1. The number of anilines is 1. The third kappa shape index (κ3) is 7.29. The number of rotatable bonds is 8. The molecule has 0 bridgehead atoms. The van der Waals surface area contributed by atoms with Gasteiger partial charge < -0.3 is 20.4 Å². The van der Waals surface area contributed by atoms with Crippen molar-refractivity contribution in [2.75, 3.05) is 18.5 Å². The van der Waals surface area contributed by atoms with E-state index >= 15 is 0 Å². The molecule has 35 heavy (non-hydrogen) atoms. The summed E-state index contributed by atoms with van der Waals surface area (Å²) in [5, 5.41) is 4.91. The van der Waals surface area contributed by atoms with E-state index in [0.29, 0.717) is 31.6 Å². The van der Waals surface area contributed by atoms with Crippen LogP contribution in [0.3, 0.4) is 0 Å². The smallest absolute Gasteiger partial charge is 0.432 e. The number of halogens is 5.